The molecule has 0 aliphatic heterocycles. The predicted molar refractivity (Wildman–Crippen MR) is 101 cm³/mol. The van der Waals surface area contributed by atoms with E-state index in [4.69, 9.17) is 4.74 Å². The molecule has 1 aliphatic rings. The summed E-state index contributed by atoms with van der Waals surface area (Å²) in [6.07, 6.45) is 4.47. The normalized spacial score (nSPS) is 21.2. The number of rotatable bonds is 4. The Hall–Kier alpha value is -1.87. The summed E-state index contributed by atoms with van der Waals surface area (Å²) in [5.74, 6) is -0.180. The lowest BCUT2D eigenvalue weighted by Gasteiger charge is -2.38. The molecule has 0 unspecified atom stereocenters. The minimum Gasteiger partial charge on any atom is -0.459 e. The van der Waals surface area contributed by atoms with Crippen molar-refractivity contribution in [2.75, 3.05) is 0 Å². The Kier molecular flexibility index (Phi) is 5.19. The van der Waals surface area contributed by atoms with Crippen LogP contribution in [0.2, 0.25) is 18.6 Å². The second-order valence-corrected chi connectivity index (χ2v) is 12.2. The molecule has 2 aromatic rings. The minimum absolute atomic E-state index is 0.0620. The van der Waals surface area contributed by atoms with Gasteiger partial charge >= 0.3 is 5.97 Å². The largest absolute Gasteiger partial charge is 0.459 e. The average molecular weight is 339 g/mol. The van der Waals surface area contributed by atoms with Gasteiger partial charge in [0.1, 0.15) is 6.10 Å². The van der Waals surface area contributed by atoms with Gasteiger partial charge in [0.2, 0.25) is 0 Å². The second-order valence-electron chi connectivity index (χ2n) is 7.34. The van der Waals surface area contributed by atoms with Crippen LogP contribution in [0.25, 0.3) is 0 Å². The Morgan fingerprint density at radius 3 is 2.25 bits per heavy atom. The number of carbonyl (C=O) groups is 1. The zero-order chi connectivity index (χ0) is 17.0. The van der Waals surface area contributed by atoms with Gasteiger partial charge in [-0.25, -0.2) is 4.79 Å². The number of hydrogen-bond donors (Lipinski definition) is 0. The van der Waals surface area contributed by atoms with E-state index in [1.165, 1.54) is 11.6 Å². The molecule has 0 saturated heterocycles. The molecule has 3 heteroatoms. The van der Waals surface area contributed by atoms with Gasteiger partial charge in [-0.15, -0.1) is 0 Å². The molecule has 2 aromatic carbocycles. The highest BCUT2D eigenvalue weighted by molar-refractivity contribution is 6.91. The molecule has 1 fully saturated rings. The van der Waals surface area contributed by atoms with E-state index in [0.29, 0.717) is 11.1 Å². The summed E-state index contributed by atoms with van der Waals surface area (Å²) in [6.45, 7) is 4.91. The van der Waals surface area contributed by atoms with Gasteiger partial charge in [0.05, 0.1) is 13.6 Å². The summed E-state index contributed by atoms with van der Waals surface area (Å²) >= 11 is 0. The molecule has 1 saturated carbocycles. The quantitative estimate of drug-likeness (QED) is 0.593. The van der Waals surface area contributed by atoms with Crippen molar-refractivity contribution >= 4 is 19.2 Å². The van der Waals surface area contributed by atoms with E-state index in [0.717, 1.165) is 19.3 Å². The lowest BCUT2D eigenvalue weighted by atomic mass is 9.97. The maximum absolute atomic E-state index is 12.3. The van der Waals surface area contributed by atoms with E-state index >= 15 is 0 Å². The molecule has 0 bridgehead atoms. The van der Waals surface area contributed by atoms with Crippen molar-refractivity contribution in [3.05, 3.63) is 66.2 Å². The highest BCUT2D eigenvalue weighted by Crippen LogP contribution is 2.38. The topological polar surface area (TPSA) is 26.3 Å². The fourth-order valence-electron chi connectivity index (χ4n) is 3.80. The Morgan fingerprint density at radius 1 is 0.958 bits per heavy atom. The molecular formula is C21H26O2Si. The van der Waals surface area contributed by atoms with E-state index in [1.807, 2.05) is 30.3 Å². The van der Waals surface area contributed by atoms with Crippen LogP contribution in [0, 0.1) is 0 Å². The van der Waals surface area contributed by atoms with E-state index in [2.05, 4.69) is 43.4 Å². The minimum atomic E-state index is -1.54. The predicted octanol–water partition coefficient (Wildman–Crippen LogP) is 4.77. The number of hydrogen-bond acceptors (Lipinski definition) is 2. The first-order chi connectivity index (χ1) is 11.6. The Morgan fingerprint density at radius 2 is 1.58 bits per heavy atom. The second kappa shape index (κ2) is 7.35. The van der Waals surface area contributed by atoms with Crippen LogP contribution in [-0.2, 0) is 4.74 Å². The fourth-order valence-corrected chi connectivity index (χ4v) is 7.11. The van der Waals surface area contributed by atoms with Gasteiger partial charge in [-0.05, 0) is 36.9 Å². The molecule has 126 valence electrons. The molecular weight excluding hydrogens is 312 g/mol. The first kappa shape index (κ1) is 17.0. The fraction of sp³-hybridized carbons (Fsp3) is 0.381. The van der Waals surface area contributed by atoms with Gasteiger partial charge in [0.25, 0.3) is 0 Å². The monoisotopic (exact) mass is 338 g/mol. The highest BCUT2D eigenvalue weighted by atomic mass is 28.3. The summed E-state index contributed by atoms with van der Waals surface area (Å²) < 4.78 is 5.82. The zero-order valence-corrected chi connectivity index (χ0v) is 15.6. The van der Waals surface area contributed by atoms with Crippen molar-refractivity contribution in [3.8, 4) is 0 Å². The SMILES string of the molecule is C[Si](C)(c1ccccc1)[C@@H]1CCC[C@H](OC(=O)c2ccccc2)C1. The van der Waals surface area contributed by atoms with Crippen molar-refractivity contribution in [1.82, 2.24) is 0 Å². The van der Waals surface area contributed by atoms with Crippen molar-refractivity contribution in [3.63, 3.8) is 0 Å². The Labute approximate surface area is 145 Å². The van der Waals surface area contributed by atoms with Crippen LogP contribution in [0.1, 0.15) is 36.0 Å². The molecule has 0 radical (unpaired) electrons. The van der Waals surface area contributed by atoms with Crippen LogP contribution in [0.3, 0.4) is 0 Å². The average Bonchev–Trinajstić information content (AvgIpc) is 2.63. The first-order valence-electron chi connectivity index (χ1n) is 8.89. The van der Waals surface area contributed by atoms with Gasteiger partial charge < -0.3 is 4.74 Å². The van der Waals surface area contributed by atoms with Crippen LogP contribution in [0.4, 0.5) is 0 Å². The van der Waals surface area contributed by atoms with Crippen molar-refractivity contribution in [2.24, 2.45) is 0 Å². The molecule has 2 atom stereocenters. The Bertz CT molecular complexity index is 667. The van der Waals surface area contributed by atoms with Gasteiger partial charge in [-0.1, -0.05) is 73.2 Å². The van der Waals surface area contributed by atoms with E-state index < -0.39 is 8.07 Å². The summed E-state index contributed by atoms with van der Waals surface area (Å²) in [6, 6.07) is 20.2. The van der Waals surface area contributed by atoms with E-state index in [9.17, 15) is 4.79 Å². The first-order valence-corrected chi connectivity index (χ1v) is 12.0. The maximum atomic E-state index is 12.3. The van der Waals surface area contributed by atoms with Gasteiger partial charge in [0.15, 0.2) is 0 Å². The standard InChI is InChI=1S/C21H26O2Si/c1-24(2,19-13-7-4-8-14-19)20-15-9-12-18(16-20)23-21(22)17-10-5-3-6-11-17/h3-8,10-11,13-14,18,20H,9,12,15-16H2,1-2H3/t18-,20+/m0/s1. The zero-order valence-electron chi connectivity index (χ0n) is 14.6. The molecule has 1 aliphatic carbocycles. The van der Waals surface area contributed by atoms with Crippen molar-refractivity contribution in [2.45, 2.75) is 50.4 Å². The molecule has 2 nitrogen and oxygen atoms in total. The van der Waals surface area contributed by atoms with E-state index in [-0.39, 0.29) is 12.1 Å². The van der Waals surface area contributed by atoms with Crippen LogP contribution in [0.15, 0.2) is 60.7 Å². The van der Waals surface area contributed by atoms with Crippen LogP contribution in [-0.4, -0.2) is 20.1 Å². The number of benzene rings is 2. The summed E-state index contributed by atoms with van der Waals surface area (Å²) in [4.78, 5) is 12.3. The third-order valence-electron chi connectivity index (χ3n) is 5.45. The van der Waals surface area contributed by atoms with Crippen molar-refractivity contribution < 1.29 is 9.53 Å². The number of esters is 1. The summed E-state index contributed by atoms with van der Waals surface area (Å²) in [5, 5.41) is 1.50. The molecule has 0 amide bonds. The number of carbonyl (C=O) groups excluding carboxylic acids is 1. The third kappa shape index (κ3) is 3.78. The van der Waals surface area contributed by atoms with Crippen LogP contribution in [0.5, 0.6) is 0 Å². The molecule has 3 rings (SSSR count). The lowest BCUT2D eigenvalue weighted by molar-refractivity contribution is 0.0209. The van der Waals surface area contributed by atoms with Crippen LogP contribution < -0.4 is 5.19 Å². The smallest absolute Gasteiger partial charge is 0.338 e. The van der Waals surface area contributed by atoms with Crippen molar-refractivity contribution in [1.29, 1.82) is 0 Å². The number of ether oxygens (including phenoxy) is 1. The summed E-state index contributed by atoms with van der Waals surface area (Å²) in [5.41, 5.74) is 1.32. The third-order valence-corrected chi connectivity index (χ3v) is 9.83. The lowest BCUT2D eigenvalue weighted by Crippen LogP contribution is -2.48. The molecule has 0 aromatic heterocycles. The van der Waals surface area contributed by atoms with E-state index in [1.54, 1.807) is 0 Å². The molecule has 24 heavy (non-hydrogen) atoms. The molecule has 0 heterocycles. The summed E-state index contributed by atoms with van der Waals surface area (Å²) in [7, 11) is -1.54. The van der Waals surface area contributed by atoms with Gasteiger partial charge in [0, 0.05) is 0 Å². The van der Waals surface area contributed by atoms with Gasteiger partial charge in [-0.2, -0.15) is 0 Å². The van der Waals surface area contributed by atoms with Crippen LogP contribution >= 0.6 is 0 Å². The molecule has 0 N–H and O–H groups in total. The Balaban J connectivity index is 1.67. The maximum Gasteiger partial charge on any atom is 0.338 e. The van der Waals surface area contributed by atoms with Gasteiger partial charge in [-0.3, -0.25) is 0 Å². The molecule has 0 spiro atoms. The highest BCUT2D eigenvalue weighted by Gasteiger charge is 2.38.